The van der Waals surface area contributed by atoms with E-state index in [0.717, 1.165) is 0 Å². The smallest absolute Gasteiger partial charge is 0.550 e. The van der Waals surface area contributed by atoms with Gasteiger partial charge in [0.1, 0.15) is 0 Å². The molecule has 0 bridgehead atoms. The maximum Gasteiger partial charge on any atom is 1.00 e. The van der Waals surface area contributed by atoms with Crippen molar-refractivity contribution in [2.24, 2.45) is 11.8 Å². The number of hydrogen-bond acceptors (Lipinski definition) is 14. The molecule has 22 heteroatoms. The largest absolute Gasteiger partial charge is 1.00 e. The van der Waals surface area contributed by atoms with Crippen molar-refractivity contribution >= 4 is 47.8 Å². The summed E-state index contributed by atoms with van der Waals surface area (Å²) in [6.45, 7) is -1.31. The van der Waals surface area contributed by atoms with Gasteiger partial charge in [-0.15, -0.1) is 0 Å². The average molecular weight is 614 g/mol. The van der Waals surface area contributed by atoms with Crippen LogP contribution in [0, 0.1) is 11.8 Å². The molecule has 0 aliphatic heterocycles. The fourth-order valence-corrected chi connectivity index (χ4v) is 2.21. The molecule has 40 heavy (non-hydrogen) atoms. The number of hydrogen-bond donors (Lipinski definition) is 6. The normalized spacial score (nSPS) is 10.8. The molecule has 18 nitrogen and oxygen atoms in total. The number of carboxylic acids is 8. The predicted octanol–water partition coefficient (Wildman–Crippen LogP) is -20.0. The van der Waals surface area contributed by atoms with E-state index in [1.54, 1.807) is 0 Å². The van der Waals surface area contributed by atoms with E-state index in [2.05, 4.69) is 10.6 Å². The van der Waals surface area contributed by atoms with Crippen molar-refractivity contribution in [2.45, 2.75) is 37.8 Å². The van der Waals surface area contributed by atoms with E-state index < -0.39 is 110 Å². The van der Waals surface area contributed by atoms with Crippen molar-refractivity contribution in [3.05, 3.63) is 0 Å². The molecule has 0 unspecified atom stereocenters. The van der Waals surface area contributed by atoms with Crippen LogP contribution in [0.5, 0.6) is 0 Å². The predicted molar refractivity (Wildman–Crippen MR) is 99.6 cm³/mol. The van der Waals surface area contributed by atoms with Crippen LogP contribution in [0.4, 0.5) is 0 Å². The first-order valence-corrected chi connectivity index (χ1v) is 9.70. The van der Waals surface area contributed by atoms with Crippen LogP contribution in [0.3, 0.4) is 0 Å². The molecular weight excluding hydrogens is 592 g/mol. The number of carbonyl (C=O) groups is 8. The van der Waals surface area contributed by atoms with Crippen LogP contribution in [-0.4, -0.2) is 93.4 Å². The second kappa shape index (κ2) is 28.8. The second-order valence-electron chi connectivity index (χ2n) is 6.84. The van der Waals surface area contributed by atoms with Gasteiger partial charge in [-0.05, 0) is 25.7 Å². The standard InChI is InChI=1S/2C9H13NO8.4Na/c2*11-6(12)2-1-5(9(17)18)10-3-4(7(13)14)8(15)16;;;;/h2*4-5,10H,1-3H2,(H,11,12)(H,13,14)(H,15,16)(H,17,18);;;;/q;;4*+1/p-4/t2*5-;;;;/m00..../s1. The molecule has 0 fully saturated rings. The first-order valence-electron chi connectivity index (χ1n) is 9.70. The van der Waals surface area contributed by atoms with Gasteiger partial charge in [-0.2, -0.15) is 0 Å². The third kappa shape index (κ3) is 26.6. The Hall–Kier alpha value is -0.320. The van der Waals surface area contributed by atoms with E-state index in [4.69, 9.17) is 20.4 Å². The van der Waals surface area contributed by atoms with Crippen LogP contribution in [0.2, 0.25) is 0 Å². The summed E-state index contributed by atoms with van der Waals surface area (Å²) in [6, 6.07) is -2.91. The van der Waals surface area contributed by atoms with E-state index >= 15 is 0 Å². The summed E-state index contributed by atoms with van der Waals surface area (Å²) in [5.74, 6) is -16.4. The van der Waals surface area contributed by atoms with Gasteiger partial charge < -0.3 is 70.7 Å². The Morgan fingerprint density at radius 2 is 0.725 bits per heavy atom. The van der Waals surface area contributed by atoms with Crippen molar-refractivity contribution < 1.29 is 197 Å². The SMILES string of the molecule is O=C([O-])CC[C@H](NCC(C(=O)O)C(=O)O)C(=O)[O-].O=C([O-])CC[C@H](NCC(C(=O)O)C(=O)O)C(=O)[O-].[Na+].[Na+].[Na+].[Na+]. The van der Waals surface area contributed by atoms with Crippen molar-refractivity contribution in [1.29, 1.82) is 0 Å². The third-order valence-electron chi connectivity index (χ3n) is 4.17. The van der Waals surface area contributed by atoms with E-state index in [9.17, 15) is 58.8 Å². The van der Waals surface area contributed by atoms with E-state index in [1.807, 2.05) is 0 Å². The molecule has 0 aromatic carbocycles. The van der Waals surface area contributed by atoms with Gasteiger partial charge in [0.15, 0.2) is 11.8 Å². The molecule has 204 valence electrons. The Morgan fingerprint density at radius 3 is 0.875 bits per heavy atom. The summed E-state index contributed by atoms with van der Waals surface area (Å²) in [7, 11) is 0. The number of carbonyl (C=O) groups excluding carboxylic acids is 4. The number of aliphatic carboxylic acids is 8. The van der Waals surface area contributed by atoms with Crippen LogP contribution in [0.1, 0.15) is 25.7 Å². The van der Waals surface area contributed by atoms with E-state index in [1.165, 1.54) is 0 Å². The molecular formula is C18H22N2Na4O16. The van der Waals surface area contributed by atoms with E-state index in [0.29, 0.717) is 0 Å². The molecule has 2 atom stereocenters. The molecule has 0 rings (SSSR count). The average Bonchev–Trinajstić information content (AvgIpc) is 2.71. The Bertz CT molecular complexity index is 764. The van der Waals surface area contributed by atoms with Gasteiger partial charge in [0.2, 0.25) is 0 Å². The van der Waals surface area contributed by atoms with E-state index in [-0.39, 0.29) is 118 Å². The minimum absolute atomic E-state index is 0. The molecule has 0 radical (unpaired) electrons. The van der Waals surface area contributed by atoms with Crippen LogP contribution >= 0.6 is 0 Å². The maximum atomic E-state index is 10.6. The van der Waals surface area contributed by atoms with Gasteiger partial charge in [-0.3, -0.25) is 19.2 Å². The molecule has 0 saturated carbocycles. The fraction of sp³-hybridized carbons (Fsp3) is 0.556. The first kappa shape index (κ1) is 52.3. The number of carboxylic acid groups (broad SMARTS) is 8. The van der Waals surface area contributed by atoms with Crippen LogP contribution in [0.25, 0.3) is 0 Å². The number of rotatable bonds is 18. The zero-order valence-corrected chi connectivity index (χ0v) is 30.2. The van der Waals surface area contributed by atoms with Gasteiger partial charge in [-0.25, -0.2) is 0 Å². The van der Waals surface area contributed by atoms with Crippen molar-refractivity contribution in [2.75, 3.05) is 13.1 Å². The van der Waals surface area contributed by atoms with Gasteiger partial charge >= 0.3 is 142 Å². The summed E-state index contributed by atoms with van der Waals surface area (Å²) in [5, 5.41) is 79.8. The van der Waals surface area contributed by atoms with Gasteiger partial charge in [0, 0.05) is 37.1 Å². The van der Waals surface area contributed by atoms with Crippen molar-refractivity contribution in [3.8, 4) is 0 Å². The van der Waals surface area contributed by atoms with Gasteiger partial charge in [-0.1, -0.05) is 0 Å². The number of nitrogens with one attached hydrogen (secondary N) is 2. The molecule has 0 aliphatic carbocycles. The minimum Gasteiger partial charge on any atom is -0.550 e. The van der Waals surface area contributed by atoms with Gasteiger partial charge in [0.25, 0.3) is 0 Å². The molecule has 0 aromatic heterocycles. The first-order chi connectivity index (χ1) is 16.5. The summed E-state index contributed by atoms with van der Waals surface area (Å²) in [4.78, 5) is 83.5. The third-order valence-corrected chi connectivity index (χ3v) is 4.17. The summed E-state index contributed by atoms with van der Waals surface area (Å²) in [6.07, 6.45) is -1.93. The molecule has 6 N–H and O–H groups in total. The van der Waals surface area contributed by atoms with Crippen molar-refractivity contribution in [1.82, 2.24) is 10.6 Å². The zero-order valence-electron chi connectivity index (χ0n) is 22.2. The van der Waals surface area contributed by atoms with Crippen LogP contribution in [0.15, 0.2) is 0 Å². The Kier molecular flexibility index (Phi) is 37.7. The second-order valence-corrected chi connectivity index (χ2v) is 6.84. The Morgan fingerprint density at radius 1 is 0.500 bits per heavy atom. The summed E-state index contributed by atoms with van der Waals surface area (Å²) >= 11 is 0. The Labute approximate surface area is 314 Å². The monoisotopic (exact) mass is 614 g/mol. The summed E-state index contributed by atoms with van der Waals surface area (Å²) < 4.78 is 0. The molecule has 0 heterocycles. The topological polar surface area (TPSA) is 334 Å². The fourth-order valence-electron chi connectivity index (χ4n) is 2.21. The van der Waals surface area contributed by atoms with Crippen molar-refractivity contribution in [3.63, 3.8) is 0 Å². The minimum atomic E-state index is -1.82. The Balaban J connectivity index is -0.000000131. The molecule has 0 aliphatic rings. The van der Waals surface area contributed by atoms with Gasteiger partial charge in [0.05, 0.1) is 11.9 Å². The van der Waals surface area contributed by atoms with Crippen LogP contribution < -0.4 is 149 Å². The molecule has 0 aromatic rings. The maximum absolute atomic E-state index is 10.6. The quantitative estimate of drug-likeness (QED) is 0.0616. The van der Waals surface area contributed by atoms with Crippen LogP contribution in [-0.2, 0) is 38.4 Å². The zero-order chi connectivity index (χ0) is 28.6. The summed E-state index contributed by atoms with van der Waals surface area (Å²) in [5.41, 5.74) is 0. The molecule has 0 amide bonds. The molecule has 0 saturated heterocycles. The molecule has 0 spiro atoms.